The van der Waals surface area contributed by atoms with Gasteiger partial charge in [0.2, 0.25) is 11.8 Å². The number of cyclic esters (lactones) is 1. The molecule has 1 aromatic carbocycles. The Labute approximate surface area is 128 Å². The Morgan fingerprint density at radius 2 is 2.05 bits per heavy atom. The highest BCUT2D eigenvalue weighted by Crippen LogP contribution is 2.25. The van der Waals surface area contributed by atoms with Gasteiger partial charge in [-0.15, -0.1) is 0 Å². The molecule has 0 saturated carbocycles. The summed E-state index contributed by atoms with van der Waals surface area (Å²) in [7, 11) is 0. The molecule has 2 aliphatic heterocycles. The van der Waals surface area contributed by atoms with Gasteiger partial charge in [-0.3, -0.25) is 9.59 Å². The zero-order chi connectivity index (χ0) is 15.7. The molecule has 1 aromatic rings. The Bertz CT molecular complexity index is 601. The number of carbonyl (C=O) groups is 3. The van der Waals surface area contributed by atoms with E-state index >= 15 is 0 Å². The summed E-state index contributed by atoms with van der Waals surface area (Å²) in [5.41, 5.74) is 1.04. The lowest BCUT2D eigenvalue weighted by Gasteiger charge is -2.24. The second-order valence-corrected chi connectivity index (χ2v) is 5.80. The molecule has 2 heterocycles. The van der Waals surface area contributed by atoms with Crippen LogP contribution >= 0.6 is 0 Å². The van der Waals surface area contributed by atoms with Crippen LogP contribution in [0.15, 0.2) is 30.3 Å². The van der Waals surface area contributed by atoms with Gasteiger partial charge >= 0.3 is 6.09 Å². The molecule has 1 N–H and O–H groups in total. The van der Waals surface area contributed by atoms with Crippen molar-refractivity contribution in [2.24, 2.45) is 5.92 Å². The van der Waals surface area contributed by atoms with Crippen LogP contribution in [0.3, 0.4) is 0 Å². The van der Waals surface area contributed by atoms with Crippen molar-refractivity contribution in [3.8, 4) is 0 Å². The van der Waals surface area contributed by atoms with Crippen LogP contribution in [-0.2, 0) is 20.7 Å². The molecule has 0 spiro atoms. The summed E-state index contributed by atoms with van der Waals surface area (Å²) in [6.45, 7) is 1.98. The largest absolute Gasteiger partial charge is 0.447 e. The van der Waals surface area contributed by atoms with Gasteiger partial charge in [-0.05, 0) is 18.9 Å². The first-order chi connectivity index (χ1) is 10.6. The third-order valence-electron chi connectivity index (χ3n) is 4.23. The summed E-state index contributed by atoms with van der Waals surface area (Å²) in [6, 6.07) is 9.08. The van der Waals surface area contributed by atoms with E-state index in [2.05, 4.69) is 5.32 Å². The second kappa shape index (κ2) is 5.79. The normalized spacial score (nSPS) is 27.7. The van der Waals surface area contributed by atoms with Crippen molar-refractivity contribution in [1.29, 1.82) is 0 Å². The minimum Gasteiger partial charge on any atom is -0.447 e. The van der Waals surface area contributed by atoms with E-state index in [1.807, 2.05) is 30.3 Å². The molecule has 3 rings (SSSR count). The first kappa shape index (κ1) is 14.6. The maximum absolute atomic E-state index is 12.6. The monoisotopic (exact) mass is 302 g/mol. The Morgan fingerprint density at radius 3 is 2.68 bits per heavy atom. The van der Waals surface area contributed by atoms with E-state index in [0.29, 0.717) is 6.42 Å². The predicted molar refractivity (Wildman–Crippen MR) is 77.8 cm³/mol. The van der Waals surface area contributed by atoms with Crippen LogP contribution in [0, 0.1) is 5.92 Å². The van der Waals surface area contributed by atoms with E-state index < -0.39 is 12.0 Å². The van der Waals surface area contributed by atoms with Gasteiger partial charge in [-0.2, -0.15) is 0 Å². The molecular weight excluding hydrogens is 284 g/mol. The highest BCUT2D eigenvalue weighted by molar-refractivity contribution is 5.98. The zero-order valence-corrected chi connectivity index (χ0v) is 12.3. The number of amides is 3. The van der Waals surface area contributed by atoms with Crippen LogP contribution in [0.2, 0.25) is 0 Å². The smallest absolute Gasteiger partial charge is 0.416 e. The van der Waals surface area contributed by atoms with E-state index in [-0.39, 0.29) is 36.9 Å². The number of nitrogens with zero attached hydrogens (tertiary/aromatic N) is 1. The zero-order valence-electron chi connectivity index (χ0n) is 12.3. The number of hydrogen-bond acceptors (Lipinski definition) is 4. The maximum atomic E-state index is 12.6. The third kappa shape index (κ3) is 2.68. The molecule has 6 heteroatoms. The molecule has 0 radical (unpaired) electrons. The Kier molecular flexibility index (Phi) is 3.83. The van der Waals surface area contributed by atoms with Crippen molar-refractivity contribution in [2.75, 3.05) is 6.61 Å². The van der Waals surface area contributed by atoms with Gasteiger partial charge in [-0.25, -0.2) is 9.69 Å². The predicted octanol–water partition coefficient (Wildman–Crippen LogP) is 1.10. The number of ether oxygens (including phenoxy) is 1. The average molecular weight is 302 g/mol. The van der Waals surface area contributed by atoms with E-state index in [1.54, 1.807) is 6.92 Å². The van der Waals surface area contributed by atoms with Crippen molar-refractivity contribution >= 4 is 17.9 Å². The van der Waals surface area contributed by atoms with Gasteiger partial charge in [0.05, 0.1) is 12.0 Å². The number of rotatable bonds is 3. The molecule has 2 aliphatic rings. The number of carbonyl (C=O) groups excluding carboxylic acids is 3. The quantitative estimate of drug-likeness (QED) is 0.907. The van der Waals surface area contributed by atoms with Crippen LogP contribution in [0.1, 0.15) is 18.9 Å². The summed E-state index contributed by atoms with van der Waals surface area (Å²) in [4.78, 5) is 37.2. The van der Waals surface area contributed by atoms with Crippen molar-refractivity contribution in [3.05, 3.63) is 35.9 Å². The molecule has 116 valence electrons. The number of hydrogen-bond donors (Lipinski definition) is 1. The van der Waals surface area contributed by atoms with Gasteiger partial charge in [0.25, 0.3) is 0 Å². The number of nitrogens with one attached hydrogen (secondary N) is 1. The summed E-state index contributed by atoms with van der Waals surface area (Å²) in [6.07, 6.45) is 0.0697. The average Bonchev–Trinajstić information content (AvgIpc) is 3.02. The van der Waals surface area contributed by atoms with Gasteiger partial charge in [0.1, 0.15) is 6.61 Å². The fourth-order valence-electron chi connectivity index (χ4n) is 3.04. The summed E-state index contributed by atoms with van der Waals surface area (Å²) in [5.74, 6) is -0.983. The van der Waals surface area contributed by atoms with Crippen LogP contribution in [0.4, 0.5) is 4.79 Å². The summed E-state index contributed by atoms with van der Waals surface area (Å²) in [5, 5.41) is 2.71. The van der Waals surface area contributed by atoms with Crippen molar-refractivity contribution in [2.45, 2.75) is 31.8 Å². The van der Waals surface area contributed by atoms with E-state index in [4.69, 9.17) is 4.74 Å². The van der Waals surface area contributed by atoms with Crippen molar-refractivity contribution in [1.82, 2.24) is 10.2 Å². The summed E-state index contributed by atoms with van der Waals surface area (Å²) >= 11 is 0. The maximum Gasteiger partial charge on any atom is 0.416 e. The van der Waals surface area contributed by atoms with E-state index in [0.717, 1.165) is 5.56 Å². The van der Waals surface area contributed by atoms with Crippen molar-refractivity contribution < 1.29 is 19.1 Å². The van der Waals surface area contributed by atoms with E-state index in [1.165, 1.54) is 4.90 Å². The van der Waals surface area contributed by atoms with Gasteiger partial charge in [0.15, 0.2) is 0 Å². The highest BCUT2D eigenvalue weighted by atomic mass is 16.6. The minimum atomic E-state index is -0.613. The Hall–Kier alpha value is -2.37. The first-order valence-electron chi connectivity index (χ1n) is 7.39. The molecule has 3 amide bonds. The molecule has 0 aromatic heterocycles. The molecule has 2 fully saturated rings. The van der Waals surface area contributed by atoms with Crippen LogP contribution < -0.4 is 5.32 Å². The molecule has 1 unspecified atom stereocenters. The lowest BCUT2D eigenvalue weighted by Crippen LogP contribution is -2.45. The second-order valence-electron chi connectivity index (χ2n) is 5.80. The van der Waals surface area contributed by atoms with E-state index in [9.17, 15) is 14.4 Å². The van der Waals surface area contributed by atoms with Crippen LogP contribution in [-0.4, -0.2) is 41.5 Å². The first-order valence-corrected chi connectivity index (χ1v) is 7.39. The molecule has 6 nitrogen and oxygen atoms in total. The fourth-order valence-corrected chi connectivity index (χ4v) is 3.04. The number of benzene rings is 1. The standard InChI is InChI=1S/C16H18N2O4/c1-10-13(8-14(19)17-10)15(20)18-12(9-22-16(18)21)7-11-5-3-2-4-6-11/h2-6,10,12-13H,7-9H2,1H3,(H,17,19)/t10-,12-,13?/m1/s1. The third-order valence-corrected chi connectivity index (χ3v) is 4.23. The molecule has 0 aliphatic carbocycles. The molecule has 2 saturated heterocycles. The van der Waals surface area contributed by atoms with Crippen LogP contribution in [0.5, 0.6) is 0 Å². The van der Waals surface area contributed by atoms with Gasteiger partial charge < -0.3 is 10.1 Å². The van der Waals surface area contributed by atoms with Gasteiger partial charge in [-0.1, -0.05) is 30.3 Å². The lowest BCUT2D eigenvalue weighted by molar-refractivity contribution is -0.134. The number of imide groups is 1. The Balaban J connectivity index is 1.76. The molecule has 3 atom stereocenters. The van der Waals surface area contributed by atoms with Crippen LogP contribution in [0.25, 0.3) is 0 Å². The highest BCUT2D eigenvalue weighted by Gasteiger charge is 2.45. The van der Waals surface area contributed by atoms with Crippen molar-refractivity contribution in [3.63, 3.8) is 0 Å². The lowest BCUT2D eigenvalue weighted by atomic mass is 9.98. The molecular formula is C16H18N2O4. The minimum absolute atomic E-state index is 0.127. The topological polar surface area (TPSA) is 75.7 Å². The summed E-state index contributed by atoms with van der Waals surface area (Å²) < 4.78 is 5.05. The molecule has 0 bridgehead atoms. The molecule has 22 heavy (non-hydrogen) atoms. The fraction of sp³-hybridized carbons (Fsp3) is 0.438. The van der Waals surface area contributed by atoms with Gasteiger partial charge in [0, 0.05) is 12.5 Å². The Morgan fingerprint density at radius 1 is 1.32 bits per heavy atom. The SMILES string of the molecule is C[C@H]1NC(=O)CC1C(=O)N1C(=O)OC[C@H]1Cc1ccccc1.